The number of hydrogen-bond acceptors (Lipinski definition) is 3. The average Bonchev–Trinajstić information content (AvgIpc) is 3.24. The maximum Gasteiger partial charge on any atom is 0.303 e. The number of aliphatic carboxylic acids is 1. The Bertz CT molecular complexity index is 525. The molecule has 2 aliphatic rings. The lowest BCUT2D eigenvalue weighted by Crippen LogP contribution is -2.36. The van der Waals surface area contributed by atoms with Crippen LogP contribution in [0.2, 0.25) is 0 Å². The smallest absolute Gasteiger partial charge is 0.303 e. The molecular formula is C16H22N2O2. The van der Waals surface area contributed by atoms with E-state index in [4.69, 9.17) is 5.11 Å². The van der Waals surface area contributed by atoms with Gasteiger partial charge in [0.05, 0.1) is 17.8 Å². The van der Waals surface area contributed by atoms with Crippen LogP contribution < -0.4 is 9.80 Å². The predicted molar refractivity (Wildman–Crippen MR) is 80.7 cm³/mol. The fraction of sp³-hybridized carbons (Fsp3) is 0.562. The van der Waals surface area contributed by atoms with E-state index in [9.17, 15) is 4.79 Å². The van der Waals surface area contributed by atoms with E-state index in [1.807, 2.05) is 0 Å². The molecule has 1 unspecified atom stereocenters. The van der Waals surface area contributed by atoms with Gasteiger partial charge in [-0.2, -0.15) is 0 Å². The van der Waals surface area contributed by atoms with Gasteiger partial charge in [-0.05, 0) is 42.4 Å². The van der Waals surface area contributed by atoms with Gasteiger partial charge in [0.15, 0.2) is 0 Å². The molecule has 0 radical (unpaired) electrons. The molecule has 1 aliphatic carbocycles. The molecule has 1 heterocycles. The van der Waals surface area contributed by atoms with Crippen molar-refractivity contribution in [1.82, 2.24) is 0 Å². The first-order chi connectivity index (χ1) is 9.56. The van der Waals surface area contributed by atoms with Gasteiger partial charge in [-0.25, -0.2) is 0 Å². The Morgan fingerprint density at radius 3 is 2.50 bits per heavy atom. The zero-order valence-electron chi connectivity index (χ0n) is 12.2. The Morgan fingerprint density at radius 1 is 1.25 bits per heavy atom. The number of nitrogens with zero attached hydrogens (tertiary/aromatic N) is 2. The molecule has 0 amide bonds. The fourth-order valence-electron chi connectivity index (χ4n) is 3.18. The topological polar surface area (TPSA) is 43.8 Å². The number of likely N-dealkylation sites (N-methyl/N-ethyl adjacent to an activating group) is 2. The van der Waals surface area contributed by atoms with Gasteiger partial charge in [0.25, 0.3) is 0 Å². The summed E-state index contributed by atoms with van der Waals surface area (Å²) >= 11 is 0. The van der Waals surface area contributed by atoms with E-state index in [2.05, 4.69) is 42.1 Å². The Kier molecular flexibility index (Phi) is 3.32. The second-order valence-electron chi connectivity index (χ2n) is 6.13. The van der Waals surface area contributed by atoms with Crippen molar-refractivity contribution in [2.24, 2.45) is 5.92 Å². The minimum atomic E-state index is -0.690. The first-order valence-electron chi connectivity index (χ1n) is 7.34. The third-order valence-corrected chi connectivity index (χ3v) is 4.61. The predicted octanol–water partition coefficient (Wildman–Crippen LogP) is 2.54. The first kappa shape index (κ1) is 13.3. The Labute approximate surface area is 120 Å². The second kappa shape index (κ2) is 5.00. The molecule has 1 aromatic carbocycles. The standard InChI is InChI=1S/C16H22N2O2/c1-17-7-8-18(2)15-9-12(5-6-14(15)17)13(10-16(19)20)11-3-4-11/h5-6,9,11,13H,3-4,7-8,10H2,1-2H3,(H,19,20). The van der Waals surface area contributed by atoms with Gasteiger partial charge < -0.3 is 14.9 Å². The molecule has 1 N–H and O–H groups in total. The van der Waals surface area contributed by atoms with Crippen LogP contribution in [0, 0.1) is 5.92 Å². The number of carboxylic acids is 1. The van der Waals surface area contributed by atoms with Crippen molar-refractivity contribution in [3.05, 3.63) is 23.8 Å². The van der Waals surface area contributed by atoms with Gasteiger partial charge in [0, 0.05) is 27.2 Å². The molecule has 1 saturated carbocycles. The molecule has 4 nitrogen and oxygen atoms in total. The third-order valence-electron chi connectivity index (χ3n) is 4.61. The van der Waals surface area contributed by atoms with Crippen LogP contribution in [-0.2, 0) is 4.79 Å². The zero-order valence-corrected chi connectivity index (χ0v) is 12.2. The van der Waals surface area contributed by atoms with Crippen LogP contribution in [0.25, 0.3) is 0 Å². The highest BCUT2D eigenvalue weighted by Crippen LogP contribution is 2.46. The number of carbonyl (C=O) groups is 1. The SMILES string of the molecule is CN1CCN(C)c2cc(C(CC(=O)O)C3CC3)ccc21. The highest BCUT2D eigenvalue weighted by molar-refractivity contribution is 5.74. The maximum absolute atomic E-state index is 11.1. The van der Waals surface area contributed by atoms with E-state index in [1.54, 1.807) is 0 Å². The lowest BCUT2D eigenvalue weighted by atomic mass is 9.90. The highest BCUT2D eigenvalue weighted by Gasteiger charge is 2.34. The number of carboxylic acid groups (broad SMARTS) is 1. The molecule has 20 heavy (non-hydrogen) atoms. The van der Waals surface area contributed by atoms with Crippen LogP contribution in [0.5, 0.6) is 0 Å². The molecule has 4 heteroatoms. The van der Waals surface area contributed by atoms with E-state index >= 15 is 0 Å². The molecule has 108 valence electrons. The van der Waals surface area contributed by atoms with Crippen molar-refractivity contribution in [2.75, 3.05) is 37.0 Å². The number of rotatable bonds is 4. The first-order valence-corrected chi connectivity index (χ1v) is 7.34. The molecule has 0 aromatic heterocycles. The summed E-state index contributed by atoms with van der Waals surface area (Å²) in [6.07, 6.45) is 2.60. The van der Waals surface area contributed by atoms with Gasteiger partial charge in [0.2, 0.25) is 0 Å². The van der Waals surface area contributed by atoms with Gasteiger partial charge in [0.1, 0.15) is 0 Å². The van der Waals surface area contributed by atoms with Crippen molar-refractivity contribution < 1.29 is 9.90 Å². The van der Waals surface area contributed by atoms with Crippen molar-refractivity contribution in [3.8, 4) is 0 Å². The summed E-state index contributed by atoms with van der Waals surface area (Å²) in [6.45, 7) is 2.05. The molecular weight excluding hydrogens is 252 g/mol. The fourth-order valence-corrected chi connectivity index (χ4v) is 3.18. The zero-order chi connectivity index (χ0) is 14.3. The van der Waals surface area contributed by atoms with E-state index < -0.39 is 5.97 Å². The molecule has 0 saturated heterocycles. The summed E-state index contributed by atoms with van der Waals surface area (Å²) in [6, 6.07) is 6.48. The second-order valence-corrected chi connectivity index (χ2v) is 6.13. The van der Waals surface area contributed by atoms with Crippen molar-refractivity contribution in [3.63, 3.8) is 0 Å². The third kappa shape index (κ3) is 2.47. The van der Waals surface area contributed by atoms with E-state index in [0.29, 0.717) is 5.92 Å². The van der Waals surface area contributed by atoms with Crippen LogP contribution >= 0.6 is 0 Å². The largest absolute Gasteiger partial charge is 0.481 e. The van der Waals surface area contributed by atoms with Gasteiger partial charge >= 0.3 is 5.97 Å². The molecule has 1 aromatic rings. The number of benzene rings is 1. The van der Waals surface area contributed by atoms with Gasteiger partial charge in [-0.3, -0.25) is 4.79 Å². The Morgan fingerprint density at radius 2 is 1.90 bits per heavy atom. The quantitative estimate of drug-likeness (QED) is 0.916. The lowest BCUT2D eigenvalue weighted by Gasteiger charge is -2.35. The molecule has 1 aliphatic heterocycles. The van der Waals surface area contributed by atoms with Gasteiger partial charge in [-0.15, -0.1) is 0 Å². The summed E-state index contributed by atoms with van der Waals surface area (Å²) in [4.78, 5) is 15.6. The molecule has 0 spiro atoms. The highest BCUT2D eigenvalue weighted by atomic mass is 16.4. The van der Waals surface area contributed by atoms with Crippen LogP contribution in [-0.4, -0.2) is 38.3 Å². The number of anilines is 2. The summed E-state index contributed by atoms with van der Waals surface area (Å²) < 4.78 is 0. The summed E-state index contributed by atoms with van der Waals surface area (Å²) in [5, 5.41) is 9.14. The van der Waals surface area contributed by atoms with Crippen molar-refractivity contribution >= 4 is 17.3 Å². The summed E-state index contributed by atoms with van der Waals surface area (Å²) in [5.74, 6) is 0.0549. The minimum Gasteiger partial charge on any atom is -0.481 e. The summed E-state index contributed by atoms with van der Waals surface area (Å²) in [5.41, 5.74) is 3.66. The normalized spacial score (nSPS) is 19.7. The molecule has 1 atom stereocenters. The van der Waals surface area contributed by atoms with E-state index in [0.717, 1.165) is 13.1 Å². The van der Waals surface area contributed by atoms with Crippen LogP contribution in [0.1, 0.15) is 30.7 Å². The van der Waals surface area contributed by atoms with Crippen LogP contribution in [0.4, 0.5) is 11.4 Å². The van der Waals surface area contributed by atoms with Crippen LogP contribution in [0.3, 0.4) is 0 Å². The monoisotopic (exact) mass is 274 g/mol. The molecule has 3 rings (SSSR count). The Hall–Kier alpha value is -1.71. The van der Waals surface area contributed by atoms with Gasteiger partial charge in [-0.1, -0.05) is 6.07 Å². The van der Waals surface area contributed by atoms with E-state index in [-0.39, 0.29) is 12.3 Å². The number of hydrogen-bond donors (Lipinski definition) is 1. The maximum atomic E-state index is 11.1. The number of fused-ring (bicyclic) bond motifs is 1. The average molecular weight is 274 g/mol. The Balaban J connectivity index is 1.93. The molecule has 1 fully saturated rings. The van der Waals surface area contributed by atoms with Crippen LogP contribution in [0.15, 0.2) is 18.2 Å². The molecule has 0 bridgehead atoms. The van der Waals surface area contributed by atoms with Crippen molar-refractivity contribution in [1.29, 1.82) is 0 Å². The summed E-state index contributed by atoms with van der Waals surface area (Å²) in [7, 11) is 4.22. The lowest BCUT2D eigenvalue weighted by molar-refractivity contribution is -0.137. The van der Waals surface area contributed by atoms with E-state index in [1.165, 1.54) is 29.8 Å². The van der Waals surface area contributed by atoms with Crippen molar-refractivity contribution in [2.45, 2.75) is 25.2 Å². The minimum absolute atomic E-state index is 0.179.